The molecule has 2 aromatic carbocycles. The van der Waals surface area contributed by atoms with Gasteiger partial charge in [-0.1, -0.05) is 53.8 Å². The first-order valence-electron chi connectivity index (χ1n) is 10.5. The average Bonchev–Trinajstić information content (AvgIpc) is 3.56. The molecule has 4 rings (SSSR count). The SMILES string of the molecule is O=C(NC[C@H]1CCCN(CC#Cc2ccccc2)C1)C1(c2ccc(Cl)cc2)CC1. The molecule has 2 aliphatic rings. The highest BCUT2D eigenvalue weighted by Crippen LogP contribution is 2.48. The Balaban J connectivity index is 1.27. The first-order chi connectivity index (χ1) is 14.2. The Morgan fingerprint density at radius 2 is 1.90 bits per heavy atom. The maximum Gasteiger partial charge on any atom is 0.230 e. The number of hydrogen-bond donors (Lipinski definition) is 1. The first kappa shape index (κ1) is 20.0. The van der Waals surface area contributed by atoms with Crippen LogP contribution in [0, 0.1) is 17.8 Å². The molecule has 4 heteroatoms. The van der Waals surface area contributed by atoms with E-state index in [-0.39, 0.29) is 11.3 Å². The molecule has 1 atom stereocenters. The minimum absolute atomic E-state index is 0.167. The van der Waals surface area contributed by atoms with Gasteiger partial charge in [-0.15, -0.1) is 0 Å². The molecule has 3 nitrogen and oxygen atoms in total. The molecule has 2 fully saturated rings. The standard InChI is InChI=1S/C25H27ClN2O/c26-23-12-10-22(11-13-23)25(14-15-25)24(29)27-18-21-9-5-17-28(19-21)16-4-8-20-6-2-1-3-7-20/h1-3,6-7,10-13,21H,5,9,14-19H2,(H,27,29)/t21-/m1/s1. The van der Waals surface area contributed by atoms with E-state index in [2.05, 4.69) is 22.1 Å². The zero-order valence-electron chi connectivity index (χ0n) is 16.7. The van der Waals surface area contributed by atoms with Crippen molar-refractivity contribution in [3.8, 4) is 11.8 Å². The molecule has 1 saturated carbocycles. The van der Waals surface area contributed by atoms with Crippen molar-refractivity contribution in [3.05, 3.63) is 70.7 Å². The van der Waals surface area contributed by atoms with Gasteiger partial charge in [0.05, 0.1) is 12.0 Å². The maximum atomic E-state index is 12.9. The van der Waals surface area contributed by atoms with Gasteiger partial charge in [0.1, 0.15) is 0 Å². The van der Waals surface area contributed by atoms with Gasteiger partial charge in [0.2, 0.25) is 5.91 Å². The van der Waals surface area contributed by atoms with Crippen molar-refractivity contribution in [2.24, 2.45) is 5.92 Å². The van der Waals surface area contributed by atoms with Crippen LogP contribution in [0.3, 0.4) is 0 Å². The normalized spacial score (nSPS) is 20.4. The van der Waals surface area contributed by atoms with E-state index < -0.39 is 0 Å². The van der Waals surface area contributed by atoms with E-state index in [9.17, 15) is 4.79 Å². The topological polar surface area (TPSA) is 32.3 Å². The van der Waals surface area contributed by atoms with E-state index in [0.29, 0.717) is 10.9 Å². The second kappa shape index (κ2) is 9.03. The summed E-state index contributed by atoms with van der Waals surface area (Å²) in [6.07, 6.45) is 4.17. The summed E-state index contributed by atoms with van der Waals surface area (Å²) in [6, 6.07) is 17.8. The van der Waals surface area contributed by atoms with Crippen molar-refractivity contribution in [3.63, 3.8) is 0 Å². The number of nitrogens with zero attached hydrogens (tertiary/aromatic N) is 1. The Morgan fingerprint density at radius 1 is 1.14 bits per heavy atom. The van der Waals surface area contributed by atoms with Gasteiger partial charge in [-0.25, -0.2) is 0 Å². The summed E-state index contributed by atoms with van der Waals surface area (Å²) in [5, 5.41) is 3.95. The average molecular weight is 407 g/mol. The molecule has 1 amide bonds. The second-order valence-corrected chi connectivity index (χ2v) is 8.65. The summed E-state index contributed by atoms with van der Waals surface area (Å²) in [5.74, 6) is 7.19. The van der Waals surface area contributed by atoms with E-state index in [1.54, 1.807) is 0 Å². The summed E-state index contributed by atoms with van der Waals surface area (Å²) in [6.45, 7) is 3.62. The second-order valence-electron chi connectivity index (χ2n) is 8.21. The number of carbonyl (C=O) groups is 1. The van der Waals surface area contributed by atoms with Gasteiger partial charge in [0.15, 0.2) is 0 Å². The lowest BCUT2D eigenvalue weighted by Gasteiger charge is -2.31. The van der Waals surface area contributed by atoms with Crippen molar-refractivity contribution in [1.82, 2.24) is 10.2 Å². The monoisotopic (exact) mass is 406 g/mol. The lowest BCUT2D eigenvalue weighted by Crippen LogP contribution is -2.43. The van der Waals surface area contributed by atoms with Crippen LogP contribution in [0.1, 0.15) is 36.8 Å². The number of likely N-dealkylation sites (tertiary alicyclic amines) is 1. The van der Waals surface area contributed by atoms with Gasteiger partial charge in [0.25, 0.3) is 0 Å². The Kier molecular flexibility index (Phi) is 6.23. The van der Waals surface area contributed by atoms with Crippen LogP contribution in [0.25, 0.3) is 0 Å². The number of piperidine rings is 1. The number of rotatable bonds is 5. The zero-order valence-corrected chi connectivity index (χ0v) is 17.4. The van der Waals surface area contributed by atoms with E-state index in [1.165, 1.54) is 0 Å². The van der Waals surface area contributed by atoms with Gasteiger partial charge in [-0.3, -0.25) is 9.69 Å². The van der Waals surface area contributed by atoms with Crippen molar-refractivity contribution < 1.29 is 4.79 Å². The van der Waals surface area contributed by atoms with E-state index in [1.807, 2.05) is 54.6 Å². The van der Waals surface area contributed by atoms with Gasteiger partial charge in [0, 0.05) is 23.7 Å². The molecule has 1 N–H and O–H groups in total. The number of carbonyl (C=O) groups excluding carboxylic acids is 1. The molecule has 2 aromatic rings. The summed E-state index contributed by atoms with van der Waals surface area (Å²) >= 11 is 5.99. The first-order valence-corrected chi connectivity index (χ1v) is 10.8. The third-order valence-electron chi connectivity index (χ3n) is 6.05. The molecule has 29 heavy (non-hydrogen) atoms. The number of nitrogens with one attached hydrogen (secondary N) is 1. The number of hydrogen-bond acceptors (Lipinski definition) is 2. The molecule has 150 valence electrons. The Hall–Kier alpha value is -2.28. The fraction of sp³-hybridized carbons (Fsp3) is 0.400. The van der Waals surface area contributed by atoms with Gasteiger partial charge < -0.3 is 5.32 Å². The summed E-state index contributed by atoms with van der Waals surface area (Å²) < 4.78 is 0. The molecule has 0 aromatic heterocycles. The highest BCUT2D eigenvalue weighted by Gasteiger charge is 2.51. The van der Waals surface area contributed by atoms with E-state index >= 15 is 0 Å². The van der Waals surface area contributed by atoms with Gasteiger partial charge >= 0.3 is 0 Å². The fourth-order valence-corrected chi connectivity index (χ4v) is 4.31. The summed E-state index contributed by atoms with van der Waals surface area (Å²) in [7, 11) is 0. The van der Waals surface area contributed by atoms with Crippen molar-refractivity contribution in [2.45, 2.75) is 31.1 Å². The smallest absolute Gasteiger partial charge is 0.230 e. The molecule has 0 bridgehead atoms. The zero-order chi connectivity index (χ0) is 20.1. The van der Waals surface area contributed by atoms with Gasteiger partial charge in [-0.2, -0.15) is 0 Å². The van der Waals surface area contributed by atoms with Crippen molar-refractivity contribution >= 4 is 17.5 Å². The van der Waals surface area contributed by atoms with Crippen molar-refractivity contribution in [2.75, 3.05) is 26.2 Å². The number of benzene rings is 2. The van der Waals surface area contributed by atoms with Crippen molar-refractivity contribution in [1.29, 1.82) is 0 Å². The van der Waals surface area contributed by atoms with Crippen LogP contribution in [0.4, 0.5) is 0 Å². The summed E-state index contributed by atoms with van der Waals surface area (Å²) in [5.41, 5.74) is 1.81. The Morgan fingerprint density at radius 3 is 2.62 bits per heavy atom. The highest BCUT2D eigenvalue weighted by molar-refractivity contribution is 6.30. The minimum Gasteiger partial charge on any atom is -0.355 e. The third kappa shape index (κ3) is 5.01. The van der Waals surface area contributed by atoms with Crippen LogP contribution >= 0.6 is 11.6 Å². The predicted molar refractivity (Wildman–Crippen MR) is 118 cm³/mol. The molecule has 0 radical (unpaired) electrons. The maximum absolute atomic E-state index is 12.9. The highest BCUT2D eigenvalue weighted by atomic mass is 35.5. The van der Waals surface area contributed by atoms with Crippen LogP contribution in [0.5, 0.6) is 0 Å². The van der Waals surface area contributed by atoms with E-state index in [4.69, 9.17) is 11.6 Å². The minimum atomic E-state index is -0.333. The molecule has 1 heterocycles. The van der Waals surface area contributed by atoms with Crippen LogP contribution < -0.4 is 5.32 Å². The number of amides is 1. The van der Waals surface area contributed by atoms with E-state index in [0.717, 1.165) is 63.0 Å². The summed E-state index contributed by atoms with van der Waals surface area (Å²) in [4.78, 5) is 15.3. The lowest BCUT2D eigenvalue weighted by atomic mass is 9.94. The Bertz CT molecular complexity index is 894. The Labute approximate surface area is 178 Å². The molecule has 1 aliphatic heterocycles. The van der Waals surface area contributed by atoms with Crippen LogP contribution in [0.2, 0.25) is 5.02 Å². The fourth-order valence-electron chi connectivity index (χ4n) is 4.18. The molecule has 1 aliphatic carbocycles. The van der Waals surface area contributed by atoms with Crippen LogP contribution in [-0.4, -0.2) is 37.0 Å². The molecule has 0 unspecified atom stereocenters. The molecular weight excluding hydrogens is 380 g/mol. The van der Waals surface area contributed by atoms with Crippen LogP contribution in [-0.2, 0) is 10.2 Å². The number of halogens is 1. The van der Waals surface area contributed by atoms with Crippen LogP contribution in [0.15, 0.2) is 54.6 Å². The van der Waals surface area contributed by atoms with Gasteiger partial charge in [-0.05, 0) is 68.0 Å². The molecule has 1 saturated heterocycles. The lowest BCUT2D eigenvalue weighted by molar-refractivity contribution is -0.123. The molecule has 0 spiro atoms. The largest absolute Gasteiger partial charge is 0.355 e. The molecular formula is C25H27ClN2O. The third-order valence-corrected chi connectivity index (χ3v) is 6.30. The quantitative estimate of drug-likeness (QED) is 0.753. The predicted octanol–water partition coefficient (Wildman–Crippen LogP) is 4.25.